The molecule has 24 heavy (non-hydrogen) atoms. The van der Waals surface area contributed by atoms with Gasteiger partial charge in [-0.1, -0.05) is 23.7 Å². The van der Waals surface area contributed by atoms with Crippen molar-refractivity contribution in [3.05, 3.63) is 34.9 Å². The largest absolute Gasteiger partial charge is 0.382 e. The minimum Gasteiger partial charge on any atom is -0.382 e. The number of rotatable bonds is 11. The highest BCUT2D eigenvalue weighted by atomic mass is 127. The van der Waals surface area contributed by atoms with Crippen LogP contribution >= 0.6 is 35.6 Å². The van der Waals surface area contributed by atoms with Crippen LogP contribution in [0.1, 0.15) is 18.4 Å². The van der Waals surface area contributed by atoms with Crippen LogP contribution in [0.2, 0.25) is 5.02 Å². The van der Waals surface area contributed by atoms with Gasteiger partial charge in [0.1, 0.15) is 0 Å². The Hall–Kier alpha value is -0.570. The van der Waals surface area contributed by atoms with Crippen molar-refractivity contribution < 1.29 is 9.47 Å². The lowest BCUT2D eigenvalue weighted by molar-refractivity contribution is 0.0689. The van der Waals surface area contributed by atoms with Gasteiger partial charge in [-0.3, -0.25) is 4.99 Å². The first kappa shape index (κ1) is 23.4. The summed E-state index contributed by atoms with van der Waals surface area (Å²) in [4.78, 5) is 4.22. The summed E-state index contributed by atoms with van der Waals surface area (Å²) >= 11 is 5.88. The van der Waals surface area contributed by atoms with Gasteiger partial charge in [-0.2, -0.15) is 0 Å². The van der Waals surface area contributed by atoms with E-state index < -0.39 is 0 Å². The van der Waals surface area contributed by atoms with Gasteiger partial charge in [0.15, 0.2) is 5.96 Å². The van der Waals surface area contributed by atoms with Crippen LogP contribution in [0.3, 0.4) is 0 Å². The summed E-state index contributed by atoms with van der Waals surface area (Å²) in [5.74, 6) is 0.833. The molecule has 0 spiro atoms. The van der Waals surface area contributed by atoms with E-state index in [1.807, 2.05) is 24.3 Å². The molecule has 0 heterocycles. The maximum Gasteiger partial charge on any atom is 0.190 e. The van der Waals surface area contributed by atoms with Crippen LogP contribution in [0.5, 0.6) is 0 Å². The lowest BCUT2D eigenvalue weighted by Crippen LogP contribution is -2.38. The number of guanidine groups is 1. The molecule has 1 aromatic rings. The standard InChI is InChI=1S/C17H28ClN3O2.HI/c1-19-17(20-10-3-4-12-23-14-13-22-2)21-11-9-15-5-7-16(18)8-6-15;/h5-8H,3-4,9-14H2,1-2H3,(H2,19,20,21);1H. The topological polar surface area (TPSA) is 54.9 Å². The van der Waals surface area contributed by atoms with Crippen molar-refractivity contribution in [2.24, 2.45) is 4.99 Å². The SMILES string of the molecule is CN=C(NCCCCOCCOC)NCCc1ccc(Cl)cc1.I. The van der Waals surface area contributed by atoms with E-state index in [0.717, 1.165) is 49.9 Å². The molecule has 138 valence electrons. The van der Waals surface area contributed by atoms with Crippen molar-refractivity contribution in [3.8, 4) is 0 Å². The molecule has 0 saturated heterocycles. The monoisotopic (exact) mass is 469 g/mol. The summed E-state index contributed by atoms with van der Waals surface area (Å²) in [6.07, 6.45) is 3.01. The third kappa shape index (κ3) is 11.9. The molecule has 0 fully saturated rings. The normalized spacial score (nSPS) is 11.0. The van der Waals surface area contributed by atoms with Crippen LogP contribution in [-0.2, 0) is 15.9 Å². The smallest absolute Gasteiger partial charge is 0.190 e. The number of hydrogen-bond acceptors (Lipinski definition) is 3. The fraction of sp³-hybridized carbons (Fsp3) is 0.588. The van der Waals surface area contributed by atoms with Crippen LogP contribution < -0.4 is 10.6 Å². The second-order valence-corrected chi connectivity index (χ2v) is 5.55. The minimum atomic E-state index is 0. The Morgan fingerprint density at radius 3 is 2.42 bits per heavy atom. The fourth-order valence-electron chi connectivity index (χ4n) is 1.98. The number of nitrogens with zero attached hydrogens (tertiary/aromatic N) is 1. The zero-order chi connectivity index (χ0) is 16.8. The molecule has 7 heteroatoms. The van der Waals surface area contributed by atoms with E-state index in [1.165, 1.54) is 5.56 Å². The lowest BCUT2D eigenvalue weighted by atomic mass is 10.1. The molecular weight excluding hydrogens is 441 g/mol. The van der Waals surface area contributed by atoms with E-state index in [0.29, 0.717) is 13.2 Å². The number of halogens is 2. The second-order valence-electron chi connectivity index (χ2n) is 5.11. The van der Waals surface area contributed by atoms with Gasteiger partial charge in [0.25, 0.3) is 0 Å². The molecule has 0 aliphatic carbocycles. The number of ether oxygens (including phenoxy) is 2. The fourth-order valence-corrected chi connectivity index (χ4v) is 2.10. The molecule has 2 N–H and O–H groups in total. The molecule has 0 aliphatic heterocycles. The molecule has 0 atom stereocenters. The summed E-state index contributed by atoms with van der Waals surface area (Å²) < 4.78 is 10.3. The van der Waals surface area contributed by atoms with Crippen LogP contribution in [-0.4, -0.2) is 53.0 Å². The van der Waals surface area contributed by atoms with Crippen molar-refractivity contribution in [1.82, 2.24) is 10.6 Å². The Morgan fingerprint density at radius 2 is 1.75 bits per heavy atom. The second kappa shape index (κ2) is 15.9. The Balaban J connectivity index is 0.00000529. The number of hydrogen-bond donors (Lipinski definition) is 2. The van der Waals surface area contributed by atoms with E-state index in [9.17, 15) is 0 Å². The van der Waals surface area contributed by atoms with Gasteiger partial charge in [-0.05, 0) is 37.0 Å². The first-order valence-electron chi connectivity index (χ1n) is 8.02. The van der Waals surface area contributed by atoms with Crippen molar-refractivity contribution in [1.29, 1.82) is 0 Å². The highest BCUT2D eigenvalue weighted by Crippen LogP contribution is 2.09. The van der Waals surface area contributed by atoms with Crippen molar-refractivity contribution >= 4 is 41.5 Å². The third-order valence-corrected chi connectivity index (χ3v) is 3.53. The van der Waals surface area contributed by atoms with Crippen molar-refractivity contribution in [2.45, 2.75) is 19.3 Å². The van der Waals surface area contributed by atoms with E-state index in [2.05, 4.69) is 15.6 Å². The van der Waals surface area contributed by atoms with Gasteiger partial charge in [-0.25, -0.2) is 0 Å². The summed E-state index contributed by atoms with van der Waals surface area (Å²) in [5, 5.41) is 7.38. The van der Waals surface area contributed by atoms with Gasteiger partial charge in [0, 0.05) is 38.9 Å². The van der Waals surface area contributed by atoms with Gasteiger partial charge in [0.2, 0.25) is 0 Å². The predicted molar refractivity (Wildman–Crippen MR) is 112 cm³/mol. The Bertz CT molecular complexity index is 444. The van der Waals surface area contributed by atoms with E-state index in [-0.39, 0.29) is 24.0 Å². The third-order valence-electron chi connectivity index (χ3n) is 3.28. The maximum atomic E-state index is 5.88. The Kier molecular flexibility index (Phi) is 15.6. The highest BCUT2D eigenvalue weighted by Gasteiger charge is 1.98. The molecule has 0 amide bonds. The molecule has 0 aromatic heterocycles. The van der Waals surface area contributed by atoms with Crippen molar-refractivity contribution in [3.63, 3.8) is 0 Å². The average Bonchev–Trinajstić information content (AvgIpc) is 2.57. The molecule has 0 aliphatic rings. The molecular formula is C17H29ClIN3O2. The average molecular weight is 470 g/mol. The molecule has 0 unspecified atom stereocenters. The Morgan fingerprint density at radius 1 is 1.04 bits per heavy atom. The molecule has 1 aromatic carbocycles. The first-order valence-corrected chi connectivity index (χ1v) is 8.39. The Labute approximate surface area is 167 Å². The summed E-state index contributed by atoms with van der Waals surface area (Å²) in [6.45, 7) is 3.81. The molecule has 1 rings (SSSR count). The number of unbranched alkanes of at least 4 members (excludes halogenated alkanes) is 1. The first-order chi connectivity index (χ1) is 11.3. The molecule has 0 radical (unpaired) electrons. The zero-order valence-electron chi connectivity index (χ0n) is 14.5. The number of nitrogens with one attached hydrogen (secondary N) is 2. The lowest BCUT2D eigenvalue weighted by Gasteiger charge is -2.12. The van der Waals surface area contributed by atoms with Gasteiger partial charge in [0.05, 0.1) is 13.2 Å². The quantitative estimate of drug-likeness (QED) is 0.226. The molecule has 0 bridgehead atoms. The number of aliphatic imine (C=N–C) groups is 1. The number of benzene rings is 1. The van der Waals surface area contributed by atoms with Crippen molar-refractivity contribution in [2.75, 3.05) is 47.1 Å². The van der Waals surface area contributed by atoms with E-state index in [4.69, 9.17) is 21.1 Å². The van der Waals surface area contributed by atoms with Gasteiger partial charge >= 0.3 is 0 Å². The molecule has 5 nitrogen and oxygen atoms in total. The van der Waals surface area contributed by atoms with Gasteiger partial charge < -0.3 is 20.1 Å². The zero-order valence-corrected chi connectivity index (χ0v) is 17.6. The van der Waals surface area contributed by atoms with Crippen LogP contribution in [0.15, 0.2) is 29.3 Å². The predicted octanol–water partition coefficient (Wildman–Crippen LogP) is 3.11. The van der Waals surface area contributed by atoms with Crippen LogP contribution in [0.25, 0.3) is 0 Å². The summed E-state index contributed by atoms with van der Waals surface area (Å²) in [7, 11) is 3.46. The maximum absolute atomic E-state index is 5.88. The van der Waals surface area contributed by atoms with Crippen LogP contribution in [0, 0.1) is 0 Å². The summed E-state index contributed by atoms with van der Waals surface area (Å²) in [6, 6.07) is 7.92. The summed E-state index contributed by atoms with van der Waals surface area (Å²) in [5.41, 5.74) is 1.26. The van der Waals surface area contributed by atoms with Gasteiger partial charge in [-0.15, -0.1) is 24.0 Å². The van der Waals surface area contributed by atoms with E-state index >= 15 is 0 Å². The van der Waals surface area contributed by atoms with E-state index in [1.54, 1.807) is 14.2 Å². The molecule has 0 saturated carbocycles. The van der Waals surface area contributed by atoms with Crippen LogP contribution in [0.4, 0.5) is 0 Å². The highest BCUT2D eigenvalue weighted by molar-refractivity contribution is 14.0. The minimum absolute atomic E-state index is 0. The number of methoxy groups -OCH3 is 1.